The lowest BCUT2D eigenvalue weighted by Crippen LogP contribution is -2.21. The number of nitrogens with zero attached hydrogens (tertiary/aromatic N) is 1. The molecule has 0 bridgehead atoms. The quantitative estimate of drug-likeness (QED) is 0.819. The minimum atomic E-state index is -1.08. The number of carboxylic acid groups (broad SMARTS) is 1. The number of aromatic nitrogens is 1. The molecule has 0 saturated carbocycles. The number of hydrogen-bond acceptors (Lipinski definition) is 4. The minimum Gasteiger partial charge on any atom is -0.475 e. The van der Waals surface area contributed by atoms with Gasteiger partial charge in [0.2, 0.25) is 5.76 Å². The molecule has 1 fully saturated rings. The van der Waals surface area contributed by atoms with E-state index in [2.05, 4.69) is 4.98 Å². The summed E-state index contributed by atoms with van der Waals surface area (Å²) in [7, 11) is 0. The van der Waals surface area contributed by atoms with Crippen molar-refractivity contribution >= 4 is 5.97 Å². The highest BCUT2D eigenvalue weighted by molar-refractivity contribution is 5.83. The van der Waals surface area contributed by atoms with E-state index in [-0.39, 0.29) is 11.9 Å². The third kappa shape index (κ3) is 2.56. The highest BCUT2D eigenvalue weighted by atomic mass is 16.5. The zero-order valence-corrected chi connectivity index (χ0v) is 8.31. The van der Waals surface area contributed by atoms with E-state index in [4.69, 9.17) is 14.3 Å². The summed E-state index contributed by atoms with van der Waals surface area (Å²) in [5.41, 5.74) is 0. The standard InChI is InChI=1S/C10H13NO4/c12-10(13)8-6-11-9(15-8)5-7-3-1-2-4-14-7/h6-7H,1-5H2,(H,12,13). The van der Waals surface area contributed by atoms with Crippen molar-refractivity contribution in [2.45, 2.75) is 31.8 Å². The minimum absolute atomic E-state index is 0.110. The Morgan fingerprint density at radius 1 is 1.60 bits per heavy atom. The lowest BCUT2D eigenvalue weighted by Gasteiger charge is -2.20. The average Bonchev–Trinajstić information content (AvgIpc) is 2.68. The molecule has 0 spiro atoms. The predicted octanol–water partition coefficient (Wildman–Crippen LogP) is 1.48. The van der Waals surface area contributed by atoms with Gasteiger partial charge in [0, 0.05) is 6.61 Å². The monoisotopic (exact) mass is 211 g/mol. The van der Waals surface area contributed by atoms with Gasteiger partial charge in [-0.05, 0) is 19.3 Å². The van der Waals surface area contributed by atoms with Crippen LogP contribution in [0.1, 0.15) is 35.7 Å². The Labute approximate surface area is 87.1 Å². The van der Waals surface area contributed by atoms with Crippen LogP contribution in [0, 0.1) is 0 Å². The topological polar surface area (TPSA) is 72.6 Å². The van der Waals surface area contributed by atoms with Crippen LogP contribution in [-0.2, 0) is 11.2 Å². The smallest absolute Gasteiger partial charge is 0.373 e. The van der Waals surface area contributed by atoms with Crippen molar-refractivity contribution in [1.29, 1.82) is 0 Å². The molecule has 1 unspecified atom stereocenters. The lowest BCUT2D eigenvalue weighted by atomic mass is 10.1. The van der Waals surface area contributed by atoms with Gasteiger partial charge in [0.05, 0.1) is 18.7 Å². The second-order valence-corrected chi connectivity index (χ2v) is 3.62. The van der Waals surface area contributed by atoms with Crippen molar-refractivity contribution in [1.82, 2.24) is 4.98 Å². The van der Waals surface area contributed by atoms with E-state index in [0.717, 1.165) is 25.9 Å². The fourth-order valence-corrected chi connectivity index (χ4v) is 1.67. The van der Waals surface area contributed by atoms with E-state index < -0.39 is 5.97 Å². The molecule has 1 aliphatic rings. The number of aromatic carboxylic acids is 1. The fraction of sp³-hybridized carbons (Fsp3) is 0.600. The molecule has 1 aliphatic heterocycles. The first-order valence-corrected chi connectivity index (χ1v) is 5.05. The molecule has 5 heteroatoms. The van der Waals surface area contributed by atoms with Gasteiger partial charge in [-0.2, -0.15) is 0 Å². The molecule has 0 amide bonds. The molecule has 1 atom stereocenters. The molecular formula is C10H13NO4. The van der Waals surface area contributed by atoms with Crippen molar-refractivity contribution in [3.63, 3.8) is 0 Å². The molecule has 0 radical (unpaired) electrons. The van der Waals surface area contributed by atoms with Crippen molar-refractivity contribution in [2.75, 3.05) is 6.61 Å². The van der Waals surface area contributed by atoms with Crippen LogP contribution in [0.2, 0.25) is 0 Å². The van der Waals surface area contributed by atoms with E-state index >= 15 is 0 Å². The molecule has 1 aromatic heterocycles. The van der Waals surface area contributed by atoms with Gasteiger partial charge >= 0.3 is 5.97 Å². The Kier molecular flexibility index (Phi) is 3.01. The summed E-state index contributed by atoms with van der Waals surface area (Å²) in [5.74, 6) is -0.751. The maximum atomic E-state index is 10.5. The maximum Gasteiger partial charge on any atom is 0.373 e. The fourth-order valence-electron chi connectivity index (χ4n) is 1.67. The Bertz CT molecular complexity index is 341. The van der Waals surface area contributed by atoms with Crippen molar-refractivity contribution < 1.29 is 19.1 Å². The van der Waals surface area contributed by atoms with E-state index in [1.165, 1.54) is 6.20 Å². The van der Waals surface area contributed by atoms with Crippen LogP contribution in [0.25, 0.3) is 0 Å². The van der Waals surface area contributed by atoms with Gasteiger partial charge in [-0.15, -0.1) is 0 Å². The van der Waals surface area contributed by atoms with Gasteiger partial charge < -0.3 is 14.3 Å². The summed E-state index contributed by atoms with van der Waals surface area (Å²) in [6.45, 7) is 0.775. The van der Waals surface area contributed by atoms with Crippen LogP contribution < -0.4 is 0 Å². The molecule has 5 nitrogen and oxygen atoms in total. The van der Waals surface area contributed by atoms with Crippen LogP contribution in [0.5, 0.6) is 0 Å². The maximum absolute atomic E-state index is 10.5. The average molecular weight is 211 g/mol. The van der Waals surface area contributed by atoms with Gasteiger partial charge in [0.25, 0.3) is 0 Å². The summed E-state index contributed by atoms with van der Waals surface area (Å²) >= 11 is 0. The molecule has 15 heavy (non-hydrogen) atoms. The van der Waals surface area contributed by atoms with Crippen LogP contribution in [0.3, 0.4) is 0 Å². The summed E-state index contributed by atoms with van der Waals surface area (Å²) in [4.78, 5) is 14.4. The van der Waals surface area contributed by atoms with Crippen molar-refractivity contribution in [3.8, 4) is 0 Å². The van der Waals surface area contributed by atoms with Gasteiger partial charge in [0.1, 0.15) is 0 Å². The Hall–Kier alpha value is -1.36. The van der Waals surface area contributed by atoms with Gasteiger partial charge in [-0.25, -0.2) is 9.78 Å². The van der Waals surface area contributed by atoms with E-state index in [1.807, 2.05) is 0 Å². The molecule has 1 N–H and O–H groups in total. The SMILES string of the molecule is O=C(O)c1cnc(CC2CCCCO2)o1. The Morgan fingerprint density at radius 2 is 2.47 bits per heavy atom. The van der Waals surface area contributed by atoms with Crippen molar-refractivity contribution in [2.24, 2.45) is 0 Å². The largest absolute Gasteiger partial charge is 0.475 e. The second-order valence-electron chi connectivity index (χ2n) is 3.62. The third-order valence-electron chi connectivity index (χ3n) is 2.44. The highest BCUT2D eigenvalue weighted by Crippen LogP contribution is 2.17. The van der Waals surface area contributed by atoms with Gasteiger partial charge in [0.15, 0.2) is 5.89 Å². The third-order valence-corrected chi connectivity index (χ3v) is 2.44. The van der Waals surface area contributed by atoms with Gasteiger partial charge in [-0.3, -0.25) is 0 Å². The summed E-state index contributed by atoms with van der Waals surface area (Å²) in [6.07, 6.45) is 5.16. The zero-order chi connectivity index (χ0) is 10.7. The number of oxazole rings is 1. The lowest BCUT2D eigenvalue weighted by molar-refractivity contribution is 0.0129. The summed E-state index contributed by atoms with van der Waals surface area (Å²) in [5, 5.41) is 8.64. The molecule has 1 aromatic rings. The van der Waals surface area contributed by atoms with Gasteiger partial charge in [-0.1, -0.05) is 0 Å². The van der Waals surface area contributed by atoms with Crippen molar-refractivity contribution in [3.05, 3.63) is 17.8 Å². The van der Waals surface area contributed by atoms with E-state index in [9.17, 15) is 4.79 Å². The number of hydrogen-bond donors (Lipinski definition) is 1. The normalized spacial score (nSPS) is 21.5. The van der Waals surface area contributed by atoms with Crippen LogP contribution in [-0.4, -0.2) is 28.8 Å². The molecule has 2 heterocycles. The number of ether oxygens (including phenoxy) is 1. The molecule has 1 saturated heterocycles. The molecular weight excluding hydrogens is 198 g/mol. The first-order chi connectivity index (χ1) is 7.25. The summed E-state index contributed by atoms with van der Waals surface area (Å²) in [6, 6.07) is 0. The Balaban J connectivity index is 1.94. The molecule has 0 aromatic carbocycles. The predicted molar refractivity (Wildman–Crippen MR) is 50.8 cm³/mol. The number of carboxylic acids is 1. The first-order valence-electron chi connectivity index (χ1n) is 5.05. The molecule has 0 aliphatic carbocycles. The molecule has 82 valence electrons. The highest BCUT2D eigenvalue weighted by Gasteiger charge is 2.18. The first kappa shape index (κ1) is 10.2. The van der Waals surface area contributed by atoms with E-state index in [0.29, 0.717) is 12.3 Å². The number of carbonyl (C=O) groups is 1. The van der Waals surface area contributed by atoms with E-state index in [1.54, 1.807) is 0 Å². The summed E-state index contributed by atoms with van der Waals surface area (Å²) < 4.78 is 10.6. The van der Waals surface area contributed by atoms with Crippen LogP contribution >= 0.6 is 0 Å². The second kappa shape index (κ2) is 4.44. The van der Waals surface area contributed by atoms with Crippen LogP contribution in [0.4, 0.5) is 0 Å². The zero-order valence-electron chi connectivity index (χ0n) is 8.31. The van der Waals surface area contributed by atoms with Crippen LogP contribution in [0.15, 0.2) is 10.6 Å². The Morgan fingerprint density at radius 3 is 3.07 bits per heavy atom. The number of rotatable bonds is 3. The molecule has 2 rings (SSSR count).